The second kappa shape index (κ2) is 6.33. The maximum absolute atomic E-state index is 5.57. The number of furan rings is 1. The first-order chi connectivity index (χ1) is 8.81. The van der Waals surface area contributed by atoms with E-state index in [0.717, 1.165) is 36.7 Å². The molecule has 0 spiro atoms. The highest BCUT2D eigenvalue weighted by atomic mass is 16.3. The summed E-state index contributed by atoms with van der Waals surface area (Å²) in [6.07, 6.45) is 3.55. The van der Waals surface area contributed by atoms with Crippen molar-refractivity contribution in [3.63, 3.8) is 0 Å². The van der Waals surface area contributed by atoms with Crippen molar-refractivity contribution in [3.05, 3.63) is 53.7 Å². The molecule has 0 aliphatic rings. The Morgan fingerprint density at radius 2 is 2.22 bits per heavy atom. The molecule has 4 heteroatoms. The Bertz CT molecular complexity index is 467. The van der Waals surface area contributed by atoms with Crippen molar-refractivity contribution in [2.24, 2.45) is 5.73 Å². The molecule has 2 aromatic rings. The molecule has 0 aromatic carbocycles. The molecule has 2 N–H and O–H groups in total. The number of nitrogens with two attached hydrogens (primary N) is 1. The summed E-state index contributed by atoms with van der Waals surface area (Å²) in [5, 5.41) is 0. The summed E-state index contributed by atoms with van der Waals surface area (Å²) < 4.78 is 5.48. The molecule has 0 amide bonds. The Morgan fingerprint density at radius 1 is 1.33 bits per heavy atom. The second-order valence-electron chi connectivity index (χ2n) is 4.25. The lowest BCUT2D eigenvalue weighted by atomic mass is 10.3. The van der Waals surface area contributed by atoms with E-state index in [9.17, 15) is 0 Å². The number of nitrogens with zero attached hydrogens (tertiary/aromatic N) is 2. The van der Waals surface area contributed by atoms with Crippen LogP contribution < -0.4 is 5.73 Å². The van der Waals surface area contributed by atoms with Crippen molar-refractivity contribution >= 4 is 0 Å². The summed E-state index contributed by atoms with van der Waals surface area (Å²) >= 11 is 0. The Hall–Kier alpha value is -1.65. The van der Waals surface area contributed by atoms with Crippen molar-refractivity contribution in [1.29, 1.82) is 0 Å². The van der Waals surface area contributed by atoms with Gasteiger partial charge in [-0.1, -0.05) is 13.0 Å². The van der Waals surface area contributed by atoms with Gasteiger partial charge in [0.15, 0.2) is 0 Å². The summed E-state index contributed by atoms with van der Waals surface area (Å²) in [7, 11) is 0. The van der Waals surface area contributed by atoms with Gasteiger partial charge in [-0.25, -0.2) is 0 Å². The van der Waals surface area contributed by atoms with E-state index in [0.29, 0.717) is 6.54 Å². The quantitative estimate of drug-likeness (QED) is 0.847. The first kappa shape index (κ1) is 12.8. The molecule has 96 valence electrons. The molecule has 4 nitrogen and oxygen atoms in total. The van der Waals surface area contributed by atoms with Crippen LogP contribution in [0.2, 0.25) is 0 Å². The minimum Gasteiger partial charge on any atom is -0.468 e. The zero-order valence-electron chi connectivity index (χ0n) is 10.7. The van der Waals surface area contributed by atoms with Gasteiger partial charge in [0.25, 0.3) is 0 Å². The lowest BCUT2D eigenvalue weighted by Gasteiger charge is -2.18. The third-order valence-electron chi connectivity index (χ3n) is 2.88. The third kappa shape index (κ3) is 3.42. The first-order valence-electron chi connectivity index (χ1n) is 6.20. The van der Waals surface area contributed by atoms with Gasteiger partial charge in [0.1, 0.15) is 5.76 Å². The van der Waals surface area contributed by atoms with Crippen LogP contribution in [0.15, 0.2) is 41.1 Å². The fraction of sp³-hybridized carbons (Fsp3) is 0.357. The van der Waals surface area contributed by atoms with Crippen LogP contribution in [0.25, 0.3) is 0 Å². The van der Waals surface area contributed by atoms with Crippen LogP contribution in [0.3, 0.4) is 0 Å². The van der Waals surface area contributed by atoms with Gasteiger partial charge < -0.3 is 10.2 Å². The number of hydrogen-bond donors (Lipinski definition) is 1. The van der Waals surface area contributed by atoms with Gasteiger partial charge in [-0.15, -0.1) is 0 Å². The molecule has 2 rings (SSSR count). The highest BCUT2D eigenvalue weighted by Crippen LogP contribution is 2.11. The van der Waals surface area contributed by atoms with Crippen LogP contribution in [0, 0.1) is 0 Å². The average molecular weight is 245 g/mol. The molecule has 0 saturated heterocycles. The zero-order chi connectivity index (χ0) is 12.8. The smallest absolute Gasteiger partial charge is 0.118 e. The molecule has 2 aromatic heterocycles. The minimum absolute atomic E-state index is 0.524. The summed E-state index contributed by atoms with van der Waals surface area (Å²) in [4.78, 5) is 6.62. The Labute approximate surface area is 107 Å². The fourth-order valence-electron chi connectivity index (χ4n) is 1.84. The Kier molecular flexibility index (Phi) is 4.50. The van der Waals surface area contributed by atoms with Gasteiger partial charge in [-0.05, 0) is 24.7 Å². The van der Waals surface area contributed by atoms with Gasteiger partial charge in [-0.2, -0.15) is 0 Å². The molecule has 0 aliphatic carbocycles. The number of aromatic nitrogens is 1. The highest BCUT2D eigenvalue weighted by molar-refractivity contribution is 5.12. The number of pyridine rings is 1. The van der Waals surface area contributed by atoms with Gasteiger partial charge in [0.05, 0.1) is 18.5 Å². The van der Waals surface area contributed by atoms with Crippen molar-refractivity contribution in [3.8, 4) is 0 Å². The van der Waals surface area contributed by atoms with Crippen LogP contribution >= 0.6 is 0 Å². The monoisotopic (exact) mass is 245 g/mol. The van der Waals surface area contributed by atoms with Crippen LogP contribution in [0.4, 0.5) is 0 Å². The van der Waals surface area contributed by atoms with Crippen molar-refractivity contribution < 1.29 is 4.42 Å². The normalized spacial score (nSPS) is 11.1. The summed E-state index contributed by atoms with van der Waals surface area (Å²) in [5.41, 5.74) is 7.68. The Balaban J connectivity index is 1.97. The maximum Gasteiger partial charge on any atom is 0.118 e. The zero-order valence-corrected chi connectivity index (χ0v) is 10.7. The molecule has 0 fully saturated rings. The third-order valence-corrected chi connectivity index (χ3v) is 2.88. The van der Waals surface area contributed by atoms with Crippen molar-refractivity contribution in [2.75, 3.05) is 6.54 Å². The van der Waals surface area contributed by atoms with Gasteiger partial charge in [0.2, 0.25) is 0 Å². The van der Waals surface area contributed by atoms with Gasteiger partial charge in [-0.3, -0.25) is 9.88 Å². The van der Waals surface area contributed by atoms with Crippen molar-refractivity contribution in [1.82, 2.24) is 9.88 Å². The lowest BCUT2D eigenvalue weighted by Crippen LogP contribution is -2.22. The topological polar surface area (TPSA) is 55.3 Å². The second-order valence-corrected chi connectivity index (χ2v) is 4.25. The molecular formula is C14H19N3O. The molecule has 0 unspecified atom stereocenters. The van der Waals surface area contributed by atoms with Gasteiger partial charge >= 0.3 is 0 Å². The van der Waals surface area contributed by atoms with E-state index in [-0.39, 0.29) is 0 Å². The summed E-state index contributed by atoms with van der Waals surface area (Å²) in [6, 6.07) is 7.99. The van der Waals surface area contributed by atoms with Crippen LogP contribution in [0.1, 0.15) is 23.9 Å². The van der Waals surface area contributed by atoms with E-state index in [1.807, 2.05) is 30.5 Å². The Morgan fingerprint density at radius 3 is 2.83 bits per heavy atom. The largest absolute Gasteiger partial charge is 0.468 e. The molecule has 2 heterocycles. The fourth-order valence-corrected chi connectivity index (χ4v) is 1.84. The molecule has 0 saturated carbocycles. The molecule has 18 heavy (non-hydrogen) atoms. The van der Waals surface area contributed by atoms with Crippen LogP contribution in [-0.2, 0) is 19.6 Å². The molecular weight excluding hydrogens is 226 g/mol. The lowest BCUT2D eigenvalue weighted by molar-refractivity contribution is 0.245. The standard InChI is InChI=1S/C14H19N3O/c1-2-17(9-13-5-3-4-6-16-13)10-14-7-12(8-15)11-18-14/h3-7,11H,2,8-10,15H2,1H3. The predicted octanol–water partition coefficient (Wildman–Crippen LogP) is 2.16. The minimum atomic E-state index is 0.524. The molecule has 0 bridgehead atoms. The van der Waals surface area contributed by atoms with E-state index in [2.05, 4.69) is 16.8 Å². The van der Waals surface area contributed by atoms with E-state index in [1.54, 1.807) is 6.26 Å². The molecule has 0 aliphatic heterocycles. The number of rotatable bonds is 6. The average Bonchev–Trinajstić information content (AvgIpc) is 2.87. The first-order valence-corrected chi connectivity index (χ1v) is 6.20. The molecule has 0 radical (unpaired) electrons. The highest BCUT2D eigenvalue weighted by Gasteiger charge is 2.08. The summed E-state index contributed by atoms with van der Waals surface area (Å²) in [6.45, 7) is 5.23. The van der Waals surface area contributed by atoms with E-state index in [4.69, 9.17) is 10.2 Å². The summed E-state index contributed by atoms with van der Waals surface area (Å²) in [5.74, 6) is 0.952. The predicted molar refractivity (Wildman–Crippen MR) is 70.6 cm³/mol. The van der Waals surface area contributed by atoms with Gasteiger partial charge in [0, 0.05) is 24.8 Å². The number of hydrogen-bond acceptors (Lipinski definition) is 4. The molecule has 0 atom stereocenters. The van der Waals surface area contributed by atoms with E-state index in [1.165, 1.54) is 0 Å². The maximum atomic E-state index is 5.57. The van der Waals surface area contributed by atoms with E-state index >= 15 is 0 Å². The van der Waals surface area contributed by atoms with Crippen LogP contribution in [-0.4, -0.2) is 16.4 Å². The van der Waals surface area contributed by atoms with E-state index < -0.39 is 0 Å². The van der Waals surface area contributed by atoms with Crippen molar-refractivity contribution in [2.45, 2.75) is 26.6 Å². The SMILES string of the molecule is CCN(Cc1ccccn1)Cc1cc(CN)co1. The van der Waals surface area contributed by atoms with Crippen LogP contribution in [0.5, 0.6) is 0 Å².